The lowest BCUT2D eigenvalue weighted by atomic mass is 9.99. The molecule has 3 aromatic rings. The lowest BCUT2D eigenvalue weighted by Gasteiger charge is -2.16. The minimum Gasteiger partial charge on any atom is -0.490 e. The molecule has 1 atom stereocenters. The molecule has 1 unspecified atom stereocenters. The monoisotopic (exact) mass is 322 g/mol. The highest BCUT2D eigenvalue weighted by Crippen LogP contribution is 2.35. The Bertz CT molecular complexity index is 823. The highest BCUT2D eigenvalue weighted by atomic mass is 16.5. The van der Waals surface area contributed by atoms with Crippen LogP contribution in [-0.4, -0.2) is 17.8 Å². The summed E-state index contributed by atoms with van der Waals surface area (Å²) >= 11 is 0. The molecule has 24 heavy (non-hydrogen) atoms. The first-order valence-corrected chi connectivity index (χ1v) is 8.98. The molecule has 0 saturated heterocycles. The number of aliphatic hydroxyl groups is 1. The normalized spacial score (nSPS) is 12.6. The predicted octanol–water partition coefficient (Wildman–Crippen LogP) is 5.49. The fourth-order valence-corrected chi connectivity index (χ4v) is 3.15. The van der Waals surface area contributed by atoms with Crippen LogP contribution < -0.4 is 4.74 Å². The van der Waals surface area contributed by atoms with Gasteiger partial charge in [-0.15, -0.1) is 0 Å². The zero-order valence-electron chi connectivity index (χ0n) is 14.6. The summed E-state index contributed by atoms with van der Waals surface area (Å²) in [6, 6.07) is 17.1. The molecule has 0 saturated carbocycles. The van der Waals surface area contributed by atoms with Crippen LogP contribution >= 0.6 is 0 Å². The van der Waals surface area contributed by atoms with E-state index in [1.54, 1.807) is 0 Å². The first-order chi connectivity index (χ1) is 11.7. The van der Waals surface area contributed by atoms with Crippen molar-refractivity contribution in [1.82, 2.24) is 0 Å². The summed E-state index contributed by atoms with van der Waals surface area (Å²) in [5.74, 6) is 0.897. The van der Waals surface area contributed by atoms with Gasteiger partial charge in [0, 0.05) is 10.8 Å². The Kier molecular flexibility index (Phi) is 5.37. The minimum atomic E-state index is -0.409. The van der Waals surface area contributed by atoms with Crippen LogP contribution in [0.3, 0.4) is 0 Å². The van der Waals surface area contributed by atoms with Crippen molar-refractivity contribution in [3.8, 4) is 5.75 Å². The highest BCUT2D eigenvalue weighted by Gasteiger charge is 2.12. The van der Waals surface area contributed by atoms with Gasteiger partial charge in [0.05, 0.1) is 6.10 Å². The van der Waals surface area contributed by atoms with Crippen LogP contribution in [0.15, 0.2) is 48.5 Å². The Morgan fingerprint density at radius 1 is 0.958 bits per heavy atom. The van der Waals surface area contributed by atoms with E-state index in [0.717, 1.165) is 42.2 Å². The van der Waals surface area contributed by atoms with Gasteiger partial charge in [0.1, 0.15) is 12.4 Å². The number of rotatable bonds is 7. The fourth-order valence-electron chi connectivity index (χ4n) is 3.15. The van der Waals surface area contributed by atoms with Crippen molar-refractivity contribution in [2.45, 2.75) is 45.6 Å². The number of fused-ring (bicyclic) bond motifs is 2. The number of aryl methyl sites for hydroxylation is 1. The maximum absolute atomic E-state index is 10.2. The van der Waals surface area contributed by atoms with Gasteiger partial charge in [-0.25, -0.2) is 0 Å². The Morgan fingerprint density at radius 2 is 1.75 bits per heavy atom. The minimum absolute atomic E-state index is 0.347. The quantitative estimate of drug-likeness (QED) is 0.583. The van der Waals surface area contributed by atoms with Crippen LogP contribution in [0.1, 0.15) is 38.7 Å². The average molecular weight is 322 g/mol. The van der Waals surface area contributed by atoms with E-state index in [1.165, 1.54) is 16.3 Å². The molecule has 3 aromatic carbocycles. The molecule has 2 nitrogen and oxygen atoms in total. The molecule has 2 heteroatoms. The molecule has 0 amide bonds. The Balaban J connectivity index is 2.03. The molecular formula is C22H26O2. The number of hydrogen-bond acceptors (Lipinski definition) is 2. The van der Waals surface area contributed by atoms with Gasteiger partial charge >= 0.3 is 0 Å². The fraction of sp³-hybridized carbons (Fsp3) is 0.364. The third-order valence-electron chi connectivity index (χ3n) is 4.60. The summed E-state index contributed by atoms with van der Waals surface area (Å²) in [6.45, 7) is 4.65. The summed E-state index contributed by atoms with van der Waals surface area (Å²) in [5.41, 5.74) is 1.30. The SMILES string of the molecule is CCCCC(O)COc1c2ccccc2cc2ccc(CC)cc12. The van der Waals surface area contributed by atoms with E-state index in [1.807, 2.05) is 6.07 Å². The van der Waals surface area contributed by atoms with Crippen molar-refractivity contribution in [1.29, 1.82) is 0 Å². The van der Waals surface area contributed by atoms with Crippen LogP contribution in [0.5, 0.6) is 5.75 Å². The molecule has 0 fully saturated rings. The third-order valence-corrected chi connectivity index (χ3v) is 4.60. The predicted molar refractivity (Wildman–Crippen MR) is 102 cm³/mol. The molecule has 1 N–H and O–H groups in total. The summed E-state index contributed by atoms with van der Waals surface area (Å²) in [6.07, 6.45) is 3.50. The van der Waals surface area contributed by atoms with Gasteiger partial charge < -0.3 is 9.84 Å². The molecule has 0 spiro atoms. The van der Waals surface area contributed by atoms with E-state index in [-0.39, 0.29) is 0 Å². The third kappa shape index (κ3) is 3.54. The second kappa shape index (κ2) is 7.67. The van der Waals surface area contributed by atoms with E-state index < -0.39 is 6.10 Å². The molecular weight excluding hydrogens is 296 g/mol. The summed E-state index contributed by atoms with van der Waals surface area (Å²) < 4.78 is 6.14. The molecule has 3 rings (SSSR count). The van der Waals surface area contributed by atoms with Crippen LogP contribution in [-0.2, 0) is 6.42 Å². The second-order valence-corrected chi connectivity index (χ2v) is 6.44. The smallest absolute Gasteiger partial charge is 0.135 e. The van der Waals surface area contributed by atoms with E-state index in [2.05, 4.69) is 56.3 Å². The first-order valence-electron chi connectivity index (χ1n) is 8.98. The molecule has 0 aromatic heterocycles. The molecule has 0 heterocycles. The first kappa shape index (κ1) is 16.8. The van der Waals surface area contributed by atoms with Crippen LogP contribution in [0, 0.1) is 0 Å². The summed E-state index contributed by atoms with van der Waals surface area (Å²) in [5, 5.41) is 14.8. The van der Waals surface area contributed by atoms with E-state index in [0.29, 0.717) is 6.61 Å². The van der Waals surface area contributed by atoms with Crippen molar-refractivity contribution in [2.75, 3.05) is 6.61 Å². The second-order valence-electron chi connectivity index (χ2n) is 6.44. The molecule has 0 bridgehead atoms. The molecule has 0 radical (unpaired) electrons. The molecule has 0 aliphatic rings. The van der Waals surface area contributed by atoms with Gasteiger partial charge in [-0.3, -0.25) is 0 Å². The van der Waals surface area contributed by atoms with Gasteiger partial charge in [0.2, 0.25) is 0 Å². The van der Waals surface area contributed by atoms with Crippen molar-refractivity contribution in [3.05, 3.63) is 54.1 Å². The summed E-state index contributed by atoms with van der Waals surface area (Å²) in [4.78, 5) is 0. The summed E-state index contributed by atoms with van der Waals surface area (Å²) in [7, 11) is 0. The van der Waals surface area contributed by atoms with E-state index >= 15 is 0 Å². The Labute approximate surface area is 144 Å². The molecule has 126 valence electrons. The molecule has 0 aliphatic heterocycles. The number of unbranched alkanes of at least 4 members (excludes halogenated alkanes) is 1. The van der Waals surface area contributed by atoms with Gasteiger partial charge in [0.25, 0.3) is 0 Å². The number of hydrogen-bond donors (Lipinski definition) is 1. The van der Waals surface area contributed by atoms with Crippen LogP contribution in [0.4, 0.5) is 0 Å². The van der Waals surface area contributed by atoms with E-state index in [4.69, 9.17) is 4.74 Å². The topological polar surface area (TPSA) is 29.5 Å². The standard InChI is InChI=1S/C22H26O2/c1-3-5-9-19(23)15-24-22-20-10-7-6-8-17(20)14-18-12-11-16(4-2)13-21(18)22/h6-8,10-14,19,23H,3-5,9,15H2,1-2H3. The largest absolute Gasteiger partial charge is 0.490 e. The average Bonchev–Trinajstić information content (AvgIpc) is 2.63. The number of benzene rings is 3. The zero-order chi connectivity index (χ0) is 16.9. The van der Waals surface area contributed by atoms with Gasteiger partial charge in [-0.1, -0.05) is 63.1 Å². The maximum atomic E-state index is 10.2. The van der Waals surface area contributed by atoms with E-state index in [9.17, 15) is 5.11 Å². The Hall–Kier alpha value is -2.06. The number of ether oxygens (including phenoxy) is 1. The Morgan fingerprint density at radius 3 is 2.54 bits per heavy atom. The van der Waals surface area contributed by atoms with Crippen LogP contribution in [0.2, 0.25) is 0 Å². The molecule has 0 aliphatic carbocycles. The van der Waals surface area contributed by atoms with Gasteiger partial charge in [0.15, 0.2) is 0 Å². The number of aliphatic hydroxyl groups excluding tert-OH is 1. The van der Waals surface area contributed by atoms with Gasteiger partial charge in [-0.05, 0) is 41.3 Å². The van der Waals surface area contributed by atoms with Crippen molar-refractivity contribution >= 4 is 21.5 Å². The van der Waals surface area contributed by atoms with Crippen molar-refractivity contribution < 1.29 is 9.84 Å². The maximum Gasteiger partial charge on any atom is 0.135 e. The lowest BCUT2D eigenvalue weighted by Crippen LogP contribution is -2.17. The van der Waals surface area contributed by atoms with Crippen LogP contribution in [0.25, 0.3) is 21.5 Å². The lowest BCUT2D eigenvalue weighted by molar-refractivity contribution is 0.0995. The van der Waals surface area contributed by atoms with Crippen molar-refractivity contribution in [3.63, 3.8) is 0 Å². The van der Waals surface area contributed by atoms with Crippen molar-refractivity contribution in [2.24, 2.45) is 0 Å². The zero-order valence-corrected chi connectivity index (χ0v) is 14.6. The highest BCUT2D eigenvalue weighted by molar-refractivity contribution is 6.05. The van der Waals surface area contributed by atoms with Gasteiger partial charge in [-0.2, -0.15) is 0 Å².